The van der Waals surface area contributed by atoms with E-state index in [-0.39, 0.29) is 0 Å². The minimum absolute atomic E-state index is 0.437. The van der Waals surface area contributed by atoms with Gasteiger partial charge in [-0.1, -0.05) is 13.8 Å². The Morgan fingerprint density at radius 3 is 2.67 bits per heavy atom. The van der Waals surface area contributed by atoms with Gasteiger partial charge in [0.1, 0.15) is 5.54 Å². The smallest absolute Gasteiger partial charge is 0.323 e. The molecule has 0 unspecified atom stereocenters. The Bertz CT molecular complexity index is 171. The molecule has 0 amide bonds. The minimum atomic E-state index is -0.686. The summed E-state index contributed by atoms with van der Waals surface area (Å²) in [5, 5.41) is 12.2. The quantitative estimate of drug-likeness (QED) is 0.671. The highest BCUT2D eigenvalue weighted by atomic mass is 16.4. The van der Waals surface area contributed by atoms with E-state index in [1.54, 1.807) is 0 Å². The molecule has 2 N–H and O–H groups in total. The lowest BCUT2D eigenvalue weighted by molar-refractivity contribution is -0.145. The fourth-order valence-corrected chi connectivity index (χ4v) is 1.95. The Balaban J connectivity index is 2.65. The molecule has 0 bridgehead atoms. The molecule has 0 radical (unpaired) electrons. The van der Waals surface area contributed by atoms with Crippen molar-refractivity contribution in [2.75, 3.05) is 6.54 Å². The monoisotopic (exact) mass is 171 g/mol. The highest BCUT2D eigenvalue weighted by molar-refractivity contribution is 5.79. The van der Waals surface area contributed by atoms with E-state index in [9.17, 15) is 4.79 Å². The van der Waals surface area contributed by atoms with Crippen LogP contribution in [0.2, 0.25) is 0 Å². The third-order valence-electron chi connectivity index (χ3n) is 2.41. The Morgan fingerprint density at radius 2 is 2.33 bits per heavy atom. The van der Waals surface area contributed by atoms with Crippen molar-refractivity contribution in [2.24, 2.45) is 5.92 Å². The molecule has 3 heteroatoms. The van der Waals surface area contributed by atoms with Crippen molar-refractivity contribution >= 4 is 5.97 Å². The van der Waals surface area contributed by atoms with Crippen LogP contribution in [0.25, 0.3) is 0 Å². The van der Waals surface area contributed by atoms with Crippen molar-refractivity contribution in [1.29, 1.82) is 0 Å². The predicted octanol–water partition coefficient (Wildman–Crippen LogP) is 1.24. The van der Waals surface area contributed by atoms with Gasteiger partial charge in [-0.2, -0.15) is 0 Å². The number of rotatable bonds is 3. The first-order valence-corrected chi connectivity index (χ1v) is 4.55. The zero-order chi connectivity index (χ0) is 9.19. The average Bonchev–Trinajstić information content (AvgIpc) is 2.35. The third-order valence-corrected chi connectivity index (χ3v) is 2.41. The molecule has 0 aromatic carbocycles. The molecule has 1 atom stereocenters. The number of aliphatic carboxylic acids is 1. The Morgan fingerprint density at radius 1 is 1.67 bits per heavy atom. The molecule has 0 saturated carbocycles. The van der Waals surface area contributed by atoms with Crippen LogP contribution < -0.4 is 5.32 Å². The first kappa shape index (κ1) is 9.52. The maximum absolute atomic E-state index is 11.0. The molecular weight excluding hydrogens is 154 g/mol. The minimum Gasteiger partial charge on any atom is -0.480 e. The normalized spacial score (nSPS) is 29.6. The van der Waals surface area contributed by atoms with Crippen LogP contribution in [-0.4, -0.2) is 23.2 Å². The molecule has 1 fully saturated rings. The molecule has 1 rings (SSSR count). The van der Waals surface area contributed by atoms with E-state index in [1.807, 2.05) is 0 Å². The summed E-state index contributed by atoms with van der Waals surface area (Å²) in [6.07, 6.45) is 2.50. The van der Waals surface area contributed by atoms with Gasteiger partial charge >= 0.3 is 5.97 Å². The van der Waals surface area contributed by atoms with Crippen LogP contribution in [0.4, 0.5) is 0 Å². The van der Waals surface area contributed by atoms with Gasteiger partial charge in [-0.25, -0.2) is 0 Å². The van der Waals surface area contributed by atoms with Gasteiger partial charge in [0, 0.05) is 0 Å². The van der Waals surface area contributed by atoms with Crippen molar-refractivity contribution in [3.63, 3.8) is 0 Å². The summed E-state index contributed by atoms with van der Waals surface area (Å²) in [4.78, 5) is 11.0. The second-order valence-electron chi connectivity index (χ2n) is 4.02. The van der Waals surface area contributed by atoms with Gasteiger partial charge in [0.05, 0.1) is 0 Å². The second-order valence-corrected chi connectivity index (χ2v) is 4.02. The molecule has 0 spiro atoms. The van der Waals surface area contributed by atoms with E-state index in [1.165, 1.54) is 0 Å². The van der Waals surface area contributed by atoms with Crippen molar-refractivity contribution in [1.82, 2.24) is 5.32 Å². The lowest BCUT2D eigenvalue weighted by atomic mass is 9.88. The van der Waals surface area contributed by atoms with Crippen molar-refractivity contribution < 1.29 is 9.90 Å². The molecule has 70 valence electrons. The second kappa shape index (κ2) is 3.44. The number of hydrogen-bond acceptors (Lipinski definition) is 2. The molecule has 1 saturated heterocycles. The molecule has 3 nitrogen and oxygen atoms in total. The standard InChI is InChI=1S/C9H17NO2/c1-7(2)6-9(8(11)12)4-3-5-10-9/h7,10H,3-6H2,1-2H3,(H,11,12)/t9-/m0/s1. The summed E-state index contributed by atoms with van der Waals surface area (Å²) in [6.45, 7) is 4.97. The largest absolute Gasteiger partial charge is 0.480 e. The summed E-state index contributed by atoms with van der Waals surface area (Å²) in [6, 6.07) is 0. The predicted molar refractivity (Wildman–Crippen MR) is 47.1 cm³/mol. The van der Waals surface area contributed by atoms with Crippen molar-refractivity contribution in [2.45, 2.75) is 38.6 Å². The maximum atomic E-state index is 11.0. The van der Waals surface area contributed by atoms with Gasteiger partial charge in [0.25, 0.3) is 0 Å². The molecule has 0 aliphatic carbocycles. The lowest BCUT2D eigenvalue weighted by Crippen LogP contribution is -2.48. The summed E-state index contributed by atoms with van der Waals surface area (Å²) in [5.41, 5.74) is -0.617. The zero-order valence-electron chi connectivity index (χ0n) is 7.76. The zero-order valence-corrected chi connectivity index (χ0v) is 7.76. The number of carboxylic acids is 1. The molecule has 1 aliphatic heterocycles. The van der Waals surface area contributed by atoms with Crippen molar-refractivity contribution in [3.8, 4) is 0 Å². The summed E-state index contributed by atoms with van der Waals surface area (Å²) in [7, 11) is 0. The van der Waals surface area contributed by atoms with Gasteiger partial charge in [0.2, 0.25) is 0 Å². The Labute approximate surface area is 73.2 Å². The lowest BCUT2D eigenvalue weighted by Gasteiger charge is -2.26. The molecular formula is C9H17NO2. The van der Waals surface area contributed by atoms with Gasteiger partial charge in [-0.3, -0.25) is 4.79 Å². The van der Waals surface area contributed by atoms with Crippen LogP contribution in [0.15, 0.2) is 0 Å². The summed E-state index contributed by atoms with van der Waals surface area (Å²) in [5.74, 6) is -0.250. The van der Waals surface area contributed by atoms with Crippen LogP contribution in [0.1, 0.15) is 33.1 Å². The molecule has 12 heavy (non-hydrogen) atoms. The highest BCUT2D eigenvalue weighted by Gasteiger charge is 2.41. The van der Waals surface area contributed by atoms with Crippen LogP contribution in [0, 0.1) is 5.92 Å². The third kappa shape index (κ3) is 1.78. The van der Waals surface area contributed by atoms with E-state index in [0.717, 1.165) is 25.8 Å². The van der Waals surface area contributed by atoms with Gasteiger partial charge < -0.3 is 10.4 Å². The van der Waals surface area contributed by atoms with Crippen LogP contribution in [-0.2, 0) is 4.79 Å². The topological polar surface area (TPSA) is 49.3 Å². The first-order valence-electron chi connectivity index (χ1n) is 4.55. The fraction of sp³-hybridized carbons (Fsp3) is 0.889. The number of carboxylic acid groups (broad SMARTS) is 1. The average molecular weight is 171 g/mol. The van der Waals surface area contributed by atoms with Crippen LogP contribution in [0.5, 0.6) is 0 Å². The van der Waals surface area contributed by atoms with E-state index in [2.05, 4.69) is 19.2 Å². The van der Waals surface area contributed by atoms with Crippen LogP contribution >= 0.6 is 0 Å². The maximum Gasteiger partial charge on any atom is 0.323 e. The molecule has 0 aromatic heterocycles. The van der Waals surface area contributed by atoms with Gasteiger partial charge in [-0.15, -0.1) is 0 Å². The van der Waals surface area contributed by atoms with E-state index in [0.29, 0.717) is 5.92 Å². The fourth-order valence-electron chi connectivity index (χ4n) is 1.95. The Hall–Kier alpha value is -0.570. The van der Waals surface area contributed by atoms with Gasteiger partial charge in [0.15, 0.2) is 0 Å². The summed E-state index contributed by atoms with van der Waals surface area (Å²) < 4.78 is 0. The first-order chi connectivity index (χ1) is 5.57. The molecule has 1 heterocycles. The van der Waals surface area contributed by atoms with E-state index < -0.39 is 11.5 Å². The number of carbonyl (C=O) groups is 1. The van der Waals surface area contributed by atoms with E-state index >= 15 is 0 Å². The van der Waals surface area contributed by atoms with Gasteiger partial charge in [-0.05, 0) is 31.7 Å². The molecule has 0 aromatic rings. The highest BCUT2D eigenvalue weighted by Crippen LogP contribution is 2.26. The van der Waals surface area contributed by atoms with Crippen molar-refractivity contribution in [3.05, 3.63) is 0 Å². The summed E-state index contributed by atoms with van der Waals surface area (Å²) >= 11 is 0. The van der Waals surface area contributed by atoms with E-state index in [4.69, 9.17) is 5.11 Å². The SMILES string of the molecule is CC(C)C[C@]1(C(=O)O)CCCN1. The number of nitrogens with one attached hydrogen (secondary N) is 1. The van der Waals surface area contributed by atoms with Crippen LogP contribution in [0.3, 0.4) is 0 Å². The Kier molecular flexibility index (Phi) is 2.73. The molecule has 1 aliphatic rings. The number of hydrogen-bond donors (Lipinski definition) is 2.